The number of hydrogen-bond donors (Lipinski definition) is 2. The smallest absolute Gasteiger partial charge is 0.0723 e. The second-order valence-electron chi connectivity index (χ2n) is 9.79. The molecule has 28 heavy (non-hydrogen) atoms. The summed E-state index contributed by atoms with van der Waals surface area (Å²) in [5, 5.41) is 20.9. The molecule has 0 radical (unpaired) electrons. The van der Waals surface area contributed by atoms with E-state index in [1.54, 1.807) is 5.57 Å². The molecular weight excluding hydrogens is 346 g/mol. The molecule has 0 aromatic carbocycles. The predicted octanol–water partition coefficient (Wildman–Crippen LogP) is 5.19. The fourth-order valence-corrected chi connectivity index (χ4v) is 5.17. The van der Waals surface area contributed by atoms with Gasteiger partial charge in [0.25, 0.3) is 0 Å². The van der Waals surface area contributed by atoms with Crippen LogP contribution in [0.15, 0.2) is 23.8 Å². The Labute approximate surface area is 173 Å². The molecule has 0 amide bonds. The highest BCUT2D eigenvalue weighted by atomic mass is 16.3. The van der Waals surface area contributed by atoms with Crippen molar-refractivity contribution >= 4 is 0 Å². The van der Waals surface area contributed by atoms with Gasteiger partial charge in [0.05, 0.1) is 12.2 Å². The summed E-state index contributed by atoms with van der Waals surface area (Å²) >= 11 is 0. The quantitative estimate of drug-likeness (QED) is 0.336. The Balaban J connectivity index is 1.75. The summed E-state index contributed by atoms with van der Waals surface area (Å²) in [6.07, 6.45) is 17.6. The molecular formula is C25H45NO2. The number of nitrogens with zero attached hydrogens (tertiary/aromatic N) is 1. The maximum atomic E-state index is 10.5. The highest BCUT2D eigenvalue weighted by Crippen LogP contribution is 2.48. The van der Waals surface area contributed by atoms with Crippen LogP contribution in [0.5, 0.6) is 0 Å². The molecule has 0 spiro atoms. The van der Waals surface area contributed by atoms with Crippen LogP contribution in [0.2, 0.25) is 0 Å². The van der Waals surface area contributed by atoms with Crippen molar-refractivity contribution in [1.82, 2.24) is 4.90 Å². The van der Waals surface area contributed by atoms with Crippen LogP contribution in [0.1, 0.15) is 78.1 Å². The van der Waals surface area contributed by atoms with Gasteiger partial charge in [0.15, 0.2) is 0 Å². The summed E-state index contributed by atoms with van der Waals surface area (Å²) in [4.78, 5) is 2.26. The second-order valence-corrected chi connectivity index (χ2v) is 9.79. The average molecular weight is 392 g/mol. The zero-order valence-corrected chi connectivity index (χ0v) is 18.8. The van der Waals surface area contributed by atoms with E-state index in [0.29, 0.717) is 17.8 Å². The summed E-state index contributed by atoms with van der Waals surface area (Å²) < 4.78 is 0. The largest absolute Gasteiger partial charge is 0.392 e. The first-order chi connectivity index (χ1) is 13.4. The molecule has 162 valence electrons. The lowest BCUT2D eigenvalue weighted by Crippen LogP contribution is -2.18. The SMILES string of the molecule is CCCCC(C)C[C@H](O)/C=C/[C@@H]1[C@H]2CC(CCCCCN(C)C)=C[C@H]2C[C@H]1O. The minimum Gasteiger partial charge on any atom is -0.392 e. The molecule has 0 heterocycles. The molecule has 1 fully saturated rings. The number of aliphatic hydroxyl groups excluding tert-OH is 2. The van der Waals surface area contributed by atoms with Crippen molar-refractivity contribution in [3.8, 4) is 0 Å². The van der Waals surface area contributed by atoms with Gasteiger partial charge in [-0.2, -0.15) is 0 Å². The predicted molar refractivity (Wildman–Crippen MR) is 119 cm³/mol. The molecule has 2 aliphatic rings. The van der Waals surface area contributed by atoms with E-state index in [0.717, 1.165) is 19.3 Å². The van der Waals surface area contributed by atoms with Gasteiger partial charge in [0.2, 0.25) is 0 Å². The average Bonchev–Trinajstić information content (AvgIpc) is 3.14. The highest BCUT2D eigenvalue weighted by Gasteiger charge is 2.43. The van der Waals surface area contributed by atoms with Crippen molar-refractivity contribution in [1.29, 1.82) is 0 Å². The third kappa shape index (κ3) is 7.65. The molecule has 0 aromatic rings. The van der Waals surface area contributed by atoms with Gasteiger partial charge in [0, 0.05) is 5.92 Å². The third-order valence-electron chi connectivity index (χ3n) is 6.80. The first-order valence-corrected chi connectivity index (χ1v) is 11.8. The van der Waals surface area contributed by atoms with E-state index in [-0.39, 0.29) is 18.1 Å². The standard InChI is InChI=1S/C25H45NO2/c1-5-6-10-19(2)15-22(27)12-13-23-24-17-20(16-21(24)18-25(23)28)11-8-7-9-14-26(3)4/h12-13,16,19,21-25,27-28H,5-11,14-15,17-18H2,1-4H3/b13-12+/t19?,21-,22+,23+,24-,25+/m0/s1. The van der Waals surface area contributed by atoms with E-state index in [1.165, 1.54) is 51.5 Å². The first-order valence-electron chi connectivity index (χ1n) is 11.8. The lowest BCUT2D eigenvalue weighted by Gasteiger charge is -2.19. The van der Waals surface area contributed by atoms with Crippen molar-refractivity contribution < 1.29 is 10.2 Å². The van der Waals surface area contributed by atoms with Gasteiger partial charge in [0.1, 0.15) is 0 Å². The molecule has 0 aromatic heterocycles. The molecule has 0 aliphatic heterocycles. The minimum atomic E-state index is -0.372. The van der Waals surface area contributed by atoms with Gasteiger partial charge in [-0.25, -0.2) is 0 Å². The minimum absolute atomic E-state index is 0.216. The maximum Gasteiger partial charge on any atom is 0.0723 e. The number of allylic oxidation sites excluding steroid dienone is 2. The van der Waals surface area contributed by atoms with Gasteiger partial charge in [-0.05, 0) is 76.9 Å². The van der Waals surface area contributed by atoms with Gasteiger partial charge in [-0.3, -0.25) is 0 Å². The number of aliphatic hydroxyl groups is 2. The molecule has 3 nitrogen and oxygen atoms in total. The van der Waals surface area contributed by atoms with Gasteiger partial charge < -0.3 is 15.1 Å². The van der Waals surface area contributed by atoms with Crippen molar-refractivity contribution in [2.45, 2.75) is 90.3 Å². The third-order valence-corrected chi connectivity index (χ3v) is 6.80. The summed E-state index contributed by atoms with van der Waals surface area (Å²) in [6, 6.07) is 0. The summed E-state index contributed by atoms with van der Waals surface area (Å²) in [6.45, 7) is 5.64. The van der Waals surface area contributed by atoms with Crippen molar-refractivity contribution in [3.63, 3.8) is 0 Å². The zero-order valence-electron chi connectivity index (χ0n) is 18.8. The molecule has 0 saturated heterocycles. The zero-order chi connectivity index (χ0) is 20.5. The van der Waals surface area contributed by atoms with E-state index in [9.17, 15) is 10.2 Å². The normalized spacial score (nSPS) is 29.5. The van der Waals surface area contributed by atoms with Crippen LogP contribution in [-0.4, -0.2) is 48.0 Å². The monoisotopic (exact) mass is 391 g/mol. The molecule has 2 aliphatic carbocycles. The van der Waals surface area contributed by atoms with Crippen LogP contribution in [0.25, 0.3) is 0 Å². The molecule has 6 atom stereocenters. The molecule has 1 saturated carbocycles. The lowest BCUT2D eigenvalue weighted by molar-refractivity contribution is 0.139. The Bertz CT molecular complexity index is 499. The van der Waals surface area contributed by atoms with E-state index in [4.69, 9.17) is 0 Å². The number of fused-ring (bicyclic) bond motifs is 1. The van der Waals surface area contributed by atoms with E-state index < -0.39 is 0 Å². The molecule has 2 N–H and O–H groups in total. The van der Waals surface area contributed by atoms with Crippen LogP contribution in [-0.2, 0) is 0 Å². The Hall–Kier alpha value is -0.640. The fraction of sp³-hybridized carbons (Fsp3) is 0.840. The number of hydrogen-bond acceptors (Lipinski definition) is 3. The molecule has 1 unspecified atom stereocenters. The van der Waals surface area contributed by atoms with Crippen LogP contribution in [0, 0.1) is 23.7 Å². The molecule has 3 heteroatoms. The van der Waals surface area contributed by atoms with E-state index in [1.807, 2.05) is 6.08 Å². The topological polar surface area (TPSA) is 43.7 Å². The summed E-state index contributed by atoms with van der Waals surface area (Å²) in [7, 11) is 4.28. The van der Waals surface area contributed by atoms with E-state index >= 15 is 0 Å². The Morgan fingerprint density at radius 3 is 2.71 bits per heavy atom. The van der Waals surface area contributed by atoms with Crippen LogP contribution < -0.4 is 0 Å². The Morgan fingerprint density at radius 1 is 1.21 bits per heavy atom. The molecule has 0 bridgehead atoms. The fourth-order valence-electron chi connectivity index (χ4n) is 5.17. The summed E-state index contributed by atoms with van der Waals surface area (Å²) in [5.74, 6) is 1.87. The van der Waals surface area contributed by atoms with Gasteiger partial charge in [-0.1, -0.05) is 63.3 Å². The van der Waals surface area contributed by atoms with Gasteiger partial charge >= 0.3 is 0 Å². The van der Waals surface area contributed by atoms with Crippen LogP contribution in [0.3, 0.4) is 0 Å². The Kier molecular flexibility index (Phi) is 10.3. The maximum absolute atomic E-state index is 10.5. The van der Waals surface area contributed by atoms with Gasteiger partial charge in [-0.15, -0.1) is 0 Å². The number of rotatable bonds is 13. The lowest BCUT2D eigenvalue weighted by atomic mass is 9.88. The van der Waals surface area contributed by atoms with E-state index in [2.05, 4.69) is 45.0 Å². The van der Waals surface area contributed by atoms with Crippen LogP contribution in [0.4, 0.5) is 0 Å². The highest BCUT2D eigenvalue weighted by molar-refractivity contribution is 5.21. The van der Waals surface area contributed by atoms with Crippen LogP contribution >= 0.6 is 0 Å². The van der Waals surface area contributed by atoms with Crippen molar-refractivity contribution in [2.24, 2.45) is 23.7 Å². The number of unbranched alkanes of at least 4 members (excludes halogenated alkanes) is 3. The van der Waals surface area contributed by atoms with Crippen molar-refractivity contribution in [2.75, 3.05) is 20.6 Å². The van der Waals surface area contributed by atoms with Crippen molar-refractivity contribution in [3.05, 3.63) is 23.8 Å². The summed E-state index contributed by atoms with van der Waals surface area (Å²) in [5.41, 5.74) is 1.61. The second kappa shape index (κ2) is 12.1. The Morgan fingerprint density at radius 2 is 2.00 bits per heavy atom. The molecule has 2 rings (SSSR count). The first kappa shape index (κ1) is 23.6.